The van der Waals surface area contributed by atoms with E-state index in [1.165, 1.54) is 0 Å². The summed E-state index contributed by atoms with van der Waals surface area (Å²) in [7, 11) is 1.60. The van der Waals surface area contributed by atoms with Gasteiger partial charge in [0.15, 0.2) is 0 Å². The molecule has 0 unspecified atom stereocenters. The number of carbonyl (C=O) groups is 1. The van der Waals surface area contributed by atoms with Crippen LogP contribution in [0.15, 0.2) is 66.6 Å². The van der Waals surface area contributed by atoms with Gasteiger partial charge >= 0.3 is 5.97 Å². The molecule has 0 fully saturated rings. The maximum Gasteiger partial charge on any atom is 0.331 e. The lowest BCUT2D eigenvalue weighted by atomic mass is 10.0. The molecule has 0 aliphatic carbocycles. The molecular weight excluding hydrogens is 328 g/mol. The van der Waals surface area contributed by atoms with E-state index in [0.717, 1.165) is 22.5 Å². The van der Waals surface area contributed by atoms with Gasteiger partial charge in [-0.1, -0.05) is 36.4 Å². The monoisotopic (exact) mass is 348 g/mol. The third-order valence-electron chi connectivity index (χ3n) is 4.05. The third kappa shape index (κ3) is 4.00. The van der Waals surface area contributed by atoms with Crippen molar-refractivity contribution in [1.82, 2.24) is 9.55 Å². The van der Waals surface area contributed by atoms with Gasteiger partial charge in [-0.15, -0.1) is 0 Å². The molecule has 3 rings (SSSR count). The summed E-state index contributed by atoms with van der Waals surface area (Å²) in [6.07, 6.45) is 5.67. The summed E-state index contributed by atoms with van der Waals surface area (Å²) >= 11 is 0. The number of nitrogens with zero attached hydrogens (tertiary/aromatic N) is 2. The Balaban J connectivity index is 1.94. The number of hydrogen-bond donors (Lipinski definition) is 1. The average molecular weight is 348 g/mol. The van der Waals surface area contributed by atoms with Crippen molar-refractivity contribution in [3.63, 3.8) is 0 Å². The molecule has 0 radical (unpaired) electrons. The Kier molecular flexibility index (Phi) is 5.17. The first-order valence-electron chi connectivity index (χ1n) is 8.23. The molecule has 0 amide bonds. The molecule has 1 heterocycles. The highest BCUT2D eigenvalue weighted by molar-refractivity contribution is 5.92. The van der Waals surface area contributed by atoms with Crippen LogP contribution in [0.3, 0.4) is 0 Å². The Bertz CT molecular complexity index is 943. The number of rotatable bonds is 6. The van der Waals surface area contributed by atoms with Gasteiger partial charge in [0, 0.05) is 18.2 Å². The highest BCUT2D eigenvalue weighted by Gasteiger charge is 2.11. The van der Waals surface area contributed by atoms with E-state index in [9.17, 15) is 9.90 Å². The zero-order valence-corrected chi connectivity index (χ0v) is 14.7. The van der Waals surface area contributed by atoms with Gasteiger partial charge in [0.25, 0.3) is 0 Å². The molecule has 0 saturated carbocycles. The predicted molar refractivity (Wildman–Crippen MR) is 101 cm³/mol. The predicted octanol–water partition coefficient (Wildman–Crippen LogP) is 3.90. The number of carboxylic acid groups (broad SMARTS) is 1. The molecule has 0 atom stereocenters. The van der Waals surface area contributed by atoms with Crippen LogP contribution in [0.25, 0.3) is 11.8 Å². The van der Waals surface area contributed by atoms with Gasteiger partial charge in [-0.05, 0) is 36.3 Å². The van der Waals surface area contributed by atoms with Crippen LogP contribution < -0.4 is 4.74 Å². The first-order valence-corrected chi connectivity index (χ1v) is 8.23. The summed E-state index contributed by atoms with van der Waals surface area (Å²) in [5.74, 6) is -0.275. The molecule has 26 heavy (non-hydrogen) atoms. The molecule has 1 N–H and O–H groups in total. The van der Waals surface area contributed by atoms with Crippen molar-refractivity contribution in [1.29, 1.82) is 0 Å². The number of carboxylic acids is 1. The third-order valence-corrected chi connectivity index (χ3v) is 4.05. The lowest BCUT2D eigenvalue weighted by Crippen LogP contribution is -2.04. The highest BCUT2D eigenvalue weighted by Crippen LogP contribution is 2.26. The summed E-state index contributed by atoms with van der Waals surface area (Å²) < 4.78 is 7.36. The molecular formula is C21H20N2O3. The lowest BCUT2D eigenvalue weighted by Gasteiger charge is -2.10. The van der Waals surface area contributed by atoms with Crippen molar-refractivity contribution in [2.45, 2.75) is 13.3 Å². The van der Waals surface area contributed by atoms with Crippen molar-refractivity contribution >= 4 is 12.0 Å². The fourth-order valence-electron chi connectivity index (χ4n) is 2.76. The molecule has 5 heteroatoms. The number of benzene rings is 2. The van der Waals surface area contributed by atoms with Crippen molar-refractivity contribution in [2.24, 2.45) is 0 Å². The van der Waals surface area contributed by atoms with Crippen LogP contribution in [0.1, 0.15) is 16.8 Å². The molecule has 0 bridgehead atoms. The van der Waals surface area contributed by atoms with Crippen LogP contribution in [0.2, 0.25) is 0 Å². The second-order valence-electron chi connectivity index (χ2n) is 5.99. The Morgan fingerprint density at radius 2 is 2.00 bits per heavy atom. The number of methoxy groups -OCH3 is 1. The minimum absolute atomic E-state index is 0.324. The number of imidazole rings is 1. The normalized spacial score (nSPS) is 11.4. The van der Waals surface area contributed by atoms with E-state index in [2.05, 4.69) is 4.98 Å². The molecule has 132 valence electrons. The smallest absolute Gasteiger partial charge is 0.331 e. The Labute approximate surface area is 152 Å². The molecule has 2 aromatic carbocycles. The maximum atomic E-state index is 11.6. The van der Waals surface area contributed by atoms with Crippen LogP contribution in [0, 0.1) is 6.92 Å². The highest BCUT2D eigenvalue weighted by atomic mass is 16.5. The molecule has 0 aliphatic heterocycles. The first kappa shape index (κ1) is 17.5. The number of aryl methyl sites for hydroxylation is 1. The largest absolute Gasteiger partial charge is 0.495 e. The van der Waals surface area contributed by atoms with Crippen LogP contribution >= 0.6 is 0 Å². The van der Waals surface area contributed by atoms with Gasteiger partial charge in [0.2, 0.25) is 0 Å². The lowest BCUT2D eigenvalue weighted by molar-refractivity contribution is -0.132. The van der Waals surface area contributed by atoms with Gasteiger partial charge in [0.1, 0.15) is 5.75 Å². The molecule has 5 nitrogen and oxygen atoms in total. The SMILES string of the molecule is COc1cc(/C=C(\Cc2ccccc2)C(=O)O)ccc1-n1cnc(C)c1. The minimum atomic E-state index is -0.929. The molecule has 0 spiro atoms. The fourth-order valence-corrected chi connectivity index (χ4v) is 2.76. The zero-order valence-electron chi connectivity index (χ0n) is 14.7. The van der Waals surface area contributed by atoms with Gasteiger partial charge in [-0.3, -0.25) is 0 Å². The van der Waals surface area contributed by atoms with Gasteiger partial charge < -0.3 is 14.4 Å². The number of ether oxygens (including phenoxy) is 1. The van der Waals surface area contributed by atoms with E-state index >= 15 is 0 Å². The summed E-state index contributed by atoms with van der Waals surface area (Å²) in [6, 6.07) is 15.2. The zero-order chi connectivity index (χ0) is 18.5. The van der Waals surface area contributed by atoms with Gasteiger partial charge in [-0.25, -0.2) is 9.78 Å². The van der Waals surface area contributed by atoms with E-state index in [0.29, 0.717) is 17.7 Å². The Morgan fingerprint density at radius 3 is 2.62 bits per heavy atom. The maximum absolute atomic E-state index is 11.6. The van der Waals surface area contributed by atoms with E-state index in [4.69, 9.17) is 4.74 Å². The van der Waals surface area contributed by atoms with Crippen LogP contribution in [0.5, 0.6) is 5.75 Å². The summed E-state index contributed by atoms with van der Waals surface area (Å²) in [5.41, 5.74) is 3.82. The summed E-state index contributed by atoms with van der Waals surface area (Å²) in [4.78, 5) is 15.9. The van der Waals surface area contributed by atoms with Crippen molar-refractivity contribution < 1.29 is 14.6 Å². The second kappa shape index (κ2) is 7.70. The topological polar surface area (TPSA) is 64.3 Å². The fraction of sp³-hybridized carbons (Fsp3) is 0.143. The molecule has 3 aromatic rings. The standard InChI is InChI=1S/C21H20N2O3/c1-15-13-23(14-22-15)19-9-8-17(12-20(19)26-2)11-18(21(24)25)10-16-6-4-3-5-7-16/h3-9,11-14H,10H2,1-2H3,(H,24,25)/b18-11+. The Morgan fingerprint density at radius 1 is 1.23 bits per heavy atom. The van der Waals surface area contributed by atoms with E-state index in [-0.39, 0.29) is 0 Å². The molecule has 0 saturated heterocycles. The Hall–Kier alpha value is -3.34. The number of aromatic nitrogens is 2. The minimum Gasteiger partial charge on any atom is -0.495 e. The van der Waals surface area contributed by atoms with E-state index < -0.39 is 5.97 Å². The van der Waals surface area contributed by atoms with Gasteiger partial charge in [0.05, 0.1) is 24.8 Å². The summed E-state index contributed by atoms with van der Waals surface area (Å²) in [5, 5.41) is 9.55. The van der Waals surface area contributed by atoms with Gasteiger partial charge in [-0.2, -0.15) is 0 Å². The van der Waals surface area contributed by atoms with E-state index in [1.807, 2.05) is 66.2 Å². The van der Waals surface area contributed by atoms with Crippen molar-refractivity contribution in [2.75, 3.05) is 7.11 Å². The van der Waals surface area contributed by atoms with Crippen molar-refractivity contribution in [3.05, 3.63) is 83.4 Å². The van der Waals surface area contributed by atoms with Crippen molar-refractivity contribution in [3.8, 4) is 11.4 Å². The van der Waals surface area contributed by atoms with Crippen LogP contribution in [-0.2, 0) is 11.2 Å². The quantitative estimate of drug-likeness (QED) is 0.686. The molecule has 1 aromatic heterocycles. The second-order valence-corrected chi connectivity index (χ2v) is 5.99. The van der Waals surface area contributed by atoms with Crippen LogP contribution in [0.4, 0.5) is 0 Å². The average Bonchev–Trinajstić information content (AvgIpc) is 3.08. The number of aliphatic carboxylic acids is 1. The van der Waals surface area contributed by atoms with E-state index in [1.54, 1.807) is 19.5 Å². The molecule has 0 aliphatic rings. The van der Waals surface area contributed by atoms with Crippen LogP contribution in [-0.4, -0.2) is 27.7 Å². The number of hydrogen-bond acceptors (Lipinski definition) is 3. The first-order chi connectivity index (χ1) is 12.6. The summed E-state index contributed by atoms with van der Waals surface area (Å²) in [6.45, 7) is 1.92.